The van der Waals surface area contributed by atoms with Crippen LogP contribution in [0.3, 0.4) is 0 Å². The molecule has 0 unspecified atom stereocenters. The summed E-state index contributed by atoms with van der Waals surface area (Å²) < 4.78 is 5.00. The molecule has 1 N–H and O–H groups in total. The Morgan fingerprint density at radius 3 is 2.58 bits per heavy atom. The van der Waals surface area contributed by atoms with E-state index in [4.69, 9.17) is 4.74 Å². The highest BCUT2D eigenvalue weighted by molar-refractivity contribution is 5.82. The number of rotatable bonds is 4. The largest absolute Gasteiger partial charge is 0.480 e. The number of hydrogen-bond donors (Lipinski definition) is 1. The molecule has 1 heterocycles. The lowest BCUT2D eigenvalue weighted by Crippen LogP contribution is -2.45. The van der Waals surface area contributed by atoms with Crippen LogP contribution in [0.25, 0.3) is 0 Å². The van der Waals surface area contributed by atoms with Gasteiger partial charge >= 0.3 is 12.1 Å². The van der Waals surface area contributed by atoms with E-state index in [0.717, 1.165) is 13.0 Å². The molecule has 0 aromatic heterocycles. The third-order valence-corrected chi connectivity index (χ3v) is 3.81. The lowest BCUT2D eigenvalue weighted by molar-refractivity contribution is -0.145. The van der Waals surface area contributed by atoms with Gasteiger partial charge in [0.1, 0.15) is 12.1 Å². The predicted octanol–water partition coefficient (Wildman–Crippen LogP) is 0.934. The third-order valence-electron chi connectivity index (χ3n) is 3.81. The summed E-state index contributed by atoms with van der Waals surface area (Å²) in [5.74, 6) is -0.741. The van der Waals surface area contributed by atoms with E-state index < -0.39 is 11.5 Å². The minimum Gasteiger partial charge on any atom is -0.480 e. The minimum atomic E-state index is -0.741. The maximum Gasteiger partial charge on any atom is 0.410 e. The summed E-state index contributed by atoms with van der Waals surface area (Å²) in [6.45, 7) is 6.15. The number of carbonyl (C=O) groups excluding carboxylic acids is 1. The van der Waals surface area contributed by atoms with E-state index in [1.165, 1.54) is 6.08 Å². The van der Waals surface area contributed by atoms with Gasteiger partial charge in [-0.2, -0.15) is 0 Å². The van der Waals surface area contributed by atoms with Gasteiger partial charge in [-0.15, -0.1) is 0 Å². The van der Waals surface area contributed by atoms with Crippen molar-refractivity contribution in [1.29, 1.82) is 0 Å². The molecule has 106 valence electrons. The highest BCUT2D eigenvalue weighted by Crippen LogP contribution is 2.42. The zero-order valence-electron chi connectivity index (χ0n) is 11.0. The predicted molar refractivity (Wildman–Crippen MR) is 68.9 cm³/mol. The molecule has 1 aliphatic carbocycles. The molecule has 0 radical (unpaired) electrons. The maximum atomic E-state index is 11.7. The van der Waals surface area contributed by atoms with Crippen LogP contribution in [-0.4, -0.2) is 65.3 Å². The topological polar surface area (TPSA) is 70.1 Å². The van der Waals surface area contributed by atoms with Crippen molar-refractivity contribution in [2.45, 2.75) is 24.8 Å². The lowest BCUT2D eigenvalue weighted by Gasteiger charge is -2.27. The van der Waals surface area contributed by atoms with Gasteiger partial charge in [-0.05, 0) is 19.3 Å². The van der Waals surface area contributed by atoms with Crippen molar-refractivity contribution < 1.29 is 19.4 Å². The van der Waals surface area contributed by atoms with Gasteiger partial charge in [0.25, 0.3) is 0 Å². The van der Waals surface area contributed by atoms with Crippen molar-refractivity contribution >= 4 is 12.1 Å². The van der Waals surface area contributed by atoms with Gasteiger partial charge in [-0.1, -0.05) is 12.7 Å². The first-order valence-corrected chi connectivity index (χ1v) is 6.61. The van der Waals surface area contributed by atoms with Crippen LogP contribution in [0, 0.1) is 0 Å². The Kier molecular flexibility index (Phi) is 4.09. The number of carbonyl (C=O) groups is 2. The van der Waals surface area contributed by atoms with Crippen LogP contribution in [0.2, 0.25) is 0 Å². The van der Waals surface area contributed by atoms with E-state index in [0.29, 0.717) is 32.5 Å². The molecule has 6 nitrogen and oxygen atoms in total. The Bertz CT molecular complexity index is 379. The Morgan fingerprint density at radius 1 is 1.26 bits per heavy atom. The first kappa shape index (κ1) is 13.9. The van der Waals surface area contributed by atoms with E-state index >= 15 is 0 Å². The summed E-state index contributed by atoms with van der Waals surface area (Å²) in [7, 11) is 0. The first-order valence-electron chi connectivity index (χ1n) is 6.61. The quantitative estimate of drug-likeness (QED) is 0.768. The number of carboxylic acids is 1. The smallest absolute Gasteiger partial charge is 0.410 e. The fraction of sp³-hybridized carbons (Fsp3) is 0.692. The molecule has 1 saturated heterocycles. The monoisotopic (exact) mass is 268 g/mol. The van der Waals surface area contributed by atoms with E-state index in [2.05, 4.69) is 6.58 Å². The fourth-order valence-electron chi connectivity index (χ4n) is 2.53. The van der Waals surface area contributed by atoms with Crippen LogP contribution in [-0.2, 0) is 9.53 Å². The molecule has 0 spiro atoms. The molecule has 1 saturated carbocycles. The highest BCUT2D eigenvalue weighted by Gasteiger charge is 2.55. The number of carboxylic acid groups (broad SMARTS) is 1. The summed E-state index contributed by atoms with van der Waals surface area (Å²) in [5.41, 5.74) is -0.666. The molecular weight excluding hydrogens is 248 g/mol. The normalized spacial score (nSPS) is 22.4. The van der Waals surface area contributed by atoms with Crippen molar-refractivity contribution in [3.8, 4) is 0 Å². The Hall–Kier alpha value is -1.56. The Balaban J connectivity index is 1.90. The Labute approximate surface area is 112 Å². The number of hydrogen-bond acceptors (Lipinski definition) is 4. The van der Waals surface area contributed by atoms with E-state index in [9.17, 15) is 14.7 Å². The minimum absolute atomic E-state index is 0.206. The van der Waals surface area contributed by atoms with Gasteiger partial charge in [-0.3, -0.25) is 9.69 Å². The number of ether oxygens (including phenoxy) is 1. The summed E-state index contributed by atoms with van der Waals surface area (Å²) in [6.07, 6.45) is 3.39. The van der Waals surface area contributed by atoms with E-state index in [1.807, 2.05) is 4.90 Å². The van der Waals surface area contributed by atoms with Crippen molar-refractivity contribution in [3.05, 3.63) is 12.7 Å². The fourth-order valence-corrected chi connectivity index (χ4v) is 2.53. The van der Waals surface area contributed by atoms with E-state index in [1.54, 1.807) is 4.90 Å². The second-order valence-corrected chi connectivity index (χ2v) is 5.03. The first-order chi connectivity index (χ1) is 9.10. The van der Waals surface area contributed by atoms with Gasteiger partial charge in [-0.25, -0.2) is 4.79 Å². The van der Waals surface area contributed by atoms with Crippen LogP contribution in [0.15, 0.2) is 12.7 Å². The van der Waals surface area contributed by atoms with Gasteiger partial charge in [0.15, 0.2) is 0 Å². The Morgan fingerprint density at radius 2 is 2.00 bits per heavy atom. The standard InChI is InChI=1S/C13H20N2O4/c1-2-10-19-12(18)14-6-3-7-15(9-8-14)13(4-5-13)11(16)17/h2H,1,3-10H2,(H,16,17). The van der Waals surface area contributed by atoms with Crippen molar-refractivity contribution in [2.24, 2.45) is 0 Å². The molecule has 0 atom stereocenters. The second kappa shape index (κ2) is 5.61. The maximum absolute atomic E-state index is 11.7. The van der Waals surface area contributed by atoms with Crippen LogP contribution in [0.1, 0.15) is 19.3 Å². The van der Waals surface area contributed by atoms with Gasteiger partial charge in [0.05, 0.1) is 0 Å². The molecule has 2 rings (SSSR count). The van der Waals surface area contributed by atoms with Crippen LogP contribution in [0.5, 0.6) is 0 Å². The number of nitrogens with zero attached hydrogens (tertiary/aromatic N) is 2. The molecule has 1 aliphatic heterocycles. The van der Waals surface area contributed by atoms with Crippen LogP contribution < -0.4 is 0 Å². The summed E-state index contributed by atoms with van der Waals surface area (Å²) >= 11 is 0. The lowest BCUT2D eigenvalue weighted by atomic mass is 10.2. The molecular formula is C13H20N2O4. The van der Waals surface area contributed by atoms with Gasteiger partial charge < -0.3 is 14.7 Å². The van der Waals surface area contributed by atoms with Crippen molar-refractivity contribution in [3.63, 3.8) is 0 Å². The molecule has 6 heteroatoms. The van der Waals surface area contributed by atoms with E-state index in [-0.39, 0.29) is 12.7 Å². The zero-order chi connectivity index (χ0) is 13.9. The van der Waals surface area contributed by atoms with Crippen LogP contribution >= 0.6 is 0 Å². The molecule has 1 amide bonds. The summed E-state index contributed by atoms with van der Waals surface area (Å²) in [4.78, 5) is 26.7. The molecule has 0 bridgehead atoms. The summed E-state index contributed by atoms with van der Waals surface area (Å²) in [6, 6.07) is 0. The number of aliphatic carboxylic acids is 1. The average Bonchev–Trinajstić information content (AvgIpc) is 3.18. The van der Waals surface area contributed by atoms with Gasteiger partial charge in [0, 0.05) is 26.2 Å². The molecule has 0 aromatic carbocycles. The highest BCUT2D eigenvalue weighted by atomic mass is 16.6. The SMILES string of the molecule is C=CCOC(=O)N1CCCN(C2(C(=O)O)CC2)CC1. The van der Waals surface area contributed by atoms with Crippen molar-refractivity contribution in [1.82, 2.24) is 9.80 Å². The molecule has 19 heavy (non-hydrogen) atoms. The zero-order valence-corrected chi connectivity index (χ0v) is 11.0. The molecule has 2 fully saturated rings. The number of amides is 1. The molecule has 2 aliphatic rings. The van der Waals surface area contributed by atoms with Crippen molar-refractivity contribution in [2.75, 3.05) is 32.8 Å². The summed E-state index contributed by atoms with van der Waals surface area (Å²) in [5, 5.41) is 9.28. The second-order valence-electron chi connectivity index (χ2n) is 5.03. The van der Waals surface area contributed by atoms with Crippen LogP contribution in [0.4, 0.5) is 4.79 Å². The average molecular weight is 268 g/mol. The van der Waals surface area contributed by atoms with Gasteiger partial charge in [0.2, 0.25) is 0 Å². The molecule has 0 aromatic rings. The third kappa shape index (κ3) is 2.89.